The largest absolute Gasteiger partial charge is 0.497 e. The van der Waals surface area contributed by atoms with Gasteiger partial charge in [-0.3, -0.25) is 0 Å². The number of nitrogens with zero attached hydrogens (tertiary/aromatic N) is 2. The van der Waals surface area contributed by atoms with Gasteiger partial charge in [0.05, 0.1) is 18.3 Å². The van der Waals surface area contributed by atoms with Crippen LogP contribution in [0.3, 0.4) is 0 Å². The molecule has 3 aromatic rings. The van der Waals surface area contributed by atoms with Crippen molar-refractivity contribution in [2.24, 2.45) is 0 Å². The molecule has 0 amide bonds. The predicted octanol–water partition coefficient (Wildman–Crippen LogP) is 4.99. The van der Waals surface area contributed by atoms with E-state index in [1.165, 1.54) is 23.9 Å². The fourth-order valence-corrected chi connectivity index (χ4v) is 3.68. The van der Waals surface area contributed by atoms with E-state index in [4.69, 9.17) is 19.6 Å². The summed E-state index contributed by atoms with van der Waals surface area (Å²) in [4.78, 5) is 7.40. The summed E-state index contributed by atoms with van der Waals surface area (Å²) >= 11 is 0. The number of nitrogens with one attached hydrogen (secondary N) is 1. The van der Waals surface area contributed by atoms with Crippen LogP contribution < -0.4 is 19.7 Å². The molecule has 0 bridgehead atoms. The van der Waals surface area contributed by atoms with Gasteiger partial charge in [-0.2, -0.15) is 0 Å². The third kappa shape index (κ3) is 6.34. The van der Waals surface area contributed by atoms with E-state index in [0.29, 0.717) is 6.61 Å². The number of anilines is 1. The molecule has 2 heterocycles. The molecule has 1 aliphatic heterocycles. The molecule has 0 saturated carbocycles. The molecule has 0 unspecified atom stereocenters. The third-order valence-corrected chi connectivity index (χ3v) is 5.21. The van der Waals surface area contributed by atoms with Crippen LogP contribution in [0.4, 0.5) is 5.69 Å². The Morgan fingerprint density at radius 2 is 1.66 bits per heavy atom. The van der Waals surface area contributed by atoms with E-state index in [0.717, 1.165) is 55.0 Å². The summed E-state index contributed by atoms with van der Waals surface area (Å²) in [5.74, 6) is 1.71. The lowest BCUT2D eigenvalue weighted by molar-refractivity contribution is 0.318. The molecule has 4 rings (SSSR count). The Hall–Kier alpha value is -2.83. The second-order valence-electron chi connectivity index (χ2n) is 7.08. The van der Waals surface area contributed by atoms with Crippen molar-refractivity contribution < 1.29 is 16.0 Å². The minimum atomic E-state index is 0. The van der Waals surface area contributed by atoms with Gasteiger partial charge in [0, 0.05) is 50.9 Å². The van der Waals surface area contributed by atoms with E-state index in [-0.39, 0.29) is 1.43 Å². The number of pyridine rings is 1. The maximum absolute atomic E-state index is 7.00. The summed E-state index contributed by atoms with van der Waals surface area (Å²) in [5, 5.41) is 11.3. The quantitative estimate of drug-likeness (QED) is 0.504. The average Bonchev–Trinajstić information content (AvgIpc) is 3.41. The molecule has 0 radical (unpaired) electrons. The standard InChI is InChI=1S/C23H27N3O2.C2H6.CH4O.H2/c1-24-11-14-28-18-7-5-17(6-8-18)21-16-23(26-12-3-4-13-26)20-10-9-19(27-2)15-22(20)25-21;2*1-2;/h5-10,15-16,24H,3-4,11-14H2,1-2H3;1-2H3;2H,1H3;1H. The van der Waals surface area contributed by atoms with Crippen LogP contribution in [0.15, 0.2) is 48.5 Å². The third-order valence-electron chi connectivity index (χ3n) is 5.21. The lowest BCUT2D eigenvalue weighted by atomic mass is 10.1. The number of aliphatic hydroxyl groups excluding tert-OH is 1. The van der Waals surface area contributed by atoms with Gasteiger partial charge >= 0.3 is 0 Å². The second-order valence-corrected chi connectivity index (χ2v) is 7.08. The van der Waals surface area contributed by atoms with Gasteiger partial charge in [0.1, 0.15) is 18.1 Å². The fraction of sp³-hybridized carbons (Fsp3) is 0.423. The number of hydrogen-bond donors (Lipinski definition) is 2. The number of aliphatic hydroxyl groups is 1. The first kappa shape index (κ1) is 25.4. The first-order valence-corrected chi connectivity index (χ1v) is 11.3. The molecule has 2 aromatic carbocycles. The van der Waals surface area contributed by atoms with Crippen molar-refractivity contribution in [1.82, 2.24) is 10.3 Å². The lowest BCUT2D eigenvalue weighted by Crippen LogP contribution is -2.18. The highest BCUT2D eigenvalue weighted by Crippen LogP contribution is 2.34. The van der Waals surface area contributed by atoms with E-state index in [1.807, 2.05) is 45.2 Å². The van der Waals surface area contributed by atoms with Gasteiger partial charge in [-0.05, 0) is 62.4 Å². The highest BCUT2D eigenvalue weighted by atomic mass is 16.5. The molecule has 0 aliphatic carbocycles. The first-order chi connectivity index (χ1) is 15.8. The number of benzene rings is 2. The highest BCUT2D eigenvalue weighted by Gasteiger charge is 2.17. The number of ether oxygens (including phenoxy) is 2. The van der Waals surface area contributed by atoms with Crippen molar-refractivity contribution in [3.63, 3.8) is 0 Å². The van der Waals surface area contributed by atoms with Crippen LogP contribution in [0.1, 0.15) is 28.1 Å². The molecular weight excluding hydrogens is 402 g/mol. The van der Waals surface area contributed by atoms with Crippen molar-refractivity contribution in [2.75, 3.05) is 52.4 Å². The molecule has 6 heteroatoms. The van der Waals surface area contributed by atoms with Crippen LogP contribution in [0.2, 0.25) is 0 Å². The summed E-state index contributed by atoms with van der Waals surface area (Å²) in [5.41, 5.74) is 4.29. The highest BCUT2D eigenvalue weighted by molar-refractivity contribution is 5.95. The van der Waals surface area contributed by atoms with Crippen LogP contribution >= 0.6 is 0 Å². The van der Waals surface area contributed by atoms with Crippen LogP contribution in [-0.2, 0) is 0 Å². The zero-order valence-corrected chi connectivity index (χ0v) is 20.0. The van der Waals surface area contributed by atoms with Gasteiger partial charge < -0.3 is 24.8 Å². The SMILES string of the molecule is CC.CNCCOc1ccc(-c2cc(N3CCCC3)c3ccc(OC)cc3n2)cc1.CO.[HH]. The first-order valence-electron chi connectivity index (χ1n) is 11.3. The normalized spacial score (nSPS) is 12.5. The molecule has 1 saturated heterocycles. The van der Waals surface area contributed by atoms with Crippen LogP contribution in [0.5, 0.6) is 11.5 Å². The number of hydrogen-bond acceptors (Lipinski definition) is 6. The van der Waals surface area contributed by atoms with Crippen molar-refractivity contribution in [3.8, 4) is 22.8 Å². The molecule has 0 spiro atoms. The average molecular weight is 442 g/mol. The monoisotopic (exact) mass is 441 g/mol. The fourth-order valence-electron chi connectivity index (χ4n) is 3.68. The van der Waals surface area contributed by atoms with Crippen molar-refractivity contribution in [2.45, 2.75) is 26.7 Å². The van der Waals surface area contributed by atoms with Gasteiger partial charge in [0.2, 0.25) is 0 Å². The number of aromatic nitrogens is 1. The van der Waals surface area contributed by atoms with Gasteiger partial charge in [-0.1, -0.05) is 13.8 Å². The van der Waals surface area contributed by atoms with Crippen molar-refractivity contribution in [1.29, 1.82) is 0 Å². The van der Waals surface area contributed by atoms with Crippen LogP contribution in [0, 0.1) is 0 Å². The molecule has 1 fully saturated rings. The molecule has 32 heavy (non-hydrogen) atoms. The van der Waals surface area contributed by atoms with Gasteiger partial charge in [0.25, 0.3) is 0 Å². The Labute approximate surface area is 193 Å². The van der Waals surface area contributed by atoms with E-state index in [9.17, 15) is 0 Å². The Kier molecular flexibility index (Phi) is 10.8. The summed E-state index contributed by atoms with van der Waals surface area (Å²) in [7, 11) is 4.62. The molecule has 2 N–H and O–H groups in total. The Bertz CT molecular complexity index is 945. The molecule has 0 atom stereocenters. The maximum Gasteiger partial charge on any atom is 0.121 e. The summed E-state index contributed by atoms with van der Waals surface area (Å²) in [6, 6.07) is 16.6. The van der Waals surface area contributed by atoms with E-state index >= 15 is 0 Å². The maximum atomic E-state index is 7.00. The lowest BCUT2D eigenvalue weighted by Gasteiger charge is -2.21. The van der Waals surface area contributed by atoms with Crippen molar-refractivity contribution >= 4 is 16.6 Å². The number of methoxy groups -OCH3 is 1. The Balaban J connectivity index is 0.00000103. The van der Waals surface area contributed by atoms with E-state index in [2.05, 4.69) is 34.5 Å². The summed E-state index contributed by atoms with van der Waals surface area (Å²) in [6.07, 6.45) is 2.49. The van der Waals surface area contributed by atoms with Gasteiger partial charge in [0.15, 0.2) is 0 Å². The van der Waals surface area contributed by atoms with Crippen LogP contribution in [0.25, 0.3) is 22.2 Å². The zero-order chi connectivity index (χ0) is 23.3. The predicted molar refractivity (Wildman–Crippen MR) is 136 cm³/mol. The van der Waals surface area contributed by atoms with Gasteiger partial charge in [-0.25, -0.2) is 4.98 Å². The minimum absolute atomic E-state index is 0. The topological polar surface area (TPSA) is 66.9 Å². The minimum Gasteiger partial charge on any atom is -0.497 e. The van der Waals surface area contributed by atoms with E-state index in [1.54, 1.807) is 7.11 Å². The van der Waals surface area contributed by atoms with Gasteiger partial charge in [-0.15, -0.1) is 0 Å². The number of rotatable bonds is 7. The summed E-state index contributed by atoms with van der Waals surface area (Å²) < 4.78 is 11.2. The van der Waals surface area contributed by atoms with E-state index < -0.39 is 0 Å². The number of fused-ring (bicyclic) bond motifs is 1. The van der Waals surface area contributed by atoms with Crippen LogP contribution in [-0.4, -0.2) is 57.6 Å². The van der Waals surface area contributed by atoms with Crippen molar-refractivity contribution in [3.05, 3.63) is 48.5 Å². The Morgan fingerprint density at radius 3 is 2.28 bits per heavy atom. The Morgan fingerprint density at radius 1 is 1.00 bits per heavy atom. The molecule has 1 aromatic heterocycles. The smallest absolute Gasteiger partial charge is 0.121 e. The summed E-state index contributed by atoms with van der Waals surface area (Å²) in [6.45, 7) is 7.68. The molecule has 176 valence electrons. The second kappa shape index (κ2) is 13.6. The zero-order valence-electron chi connectivity index (χ0n) is 20.0. The molecule has 6 nitrogen and oxygen atoms in total. The number of likely N-dealkylation sites (N-methyl/N-ethyl adjacent to an activating group) is 1. The molecule has 1 aliphatic rings. The molecular formula is C26H39N3O3.